The van der Waals surface area contributed by atoms with E-state index < -0.39 is 68.0 Å². The van der Waals surface area contributed by atoms with Crippen molar-refractivity contribution in [3.63, 3.8) is 0 Å². The monoisotopic (exact) mass is 621 g/mol. The lowest BCUT2D eigenvalue weighted by Crippen LogP contribution is -2.77. The molecule has 11 atom stereocenters. The van der Waals surface area contributed by atoms with Crippen LogP contribution in [0.5, 0.6) is 5.75 Å². The lowest BCUT2D eigenvalue weighted by atomic mass is 9.74. The molecule has 1 aliphatic carbocycles. The van der Waals surface area contributed by atoms with Crippen LogP contribution in [0, 0.1) is 5.92 Å². The molecular weight excluding hydrogens is 581 g/mol. The van der Waals surface area contributed by atoms with Crippen LogP contribution in [0.25, 0.3) is 11.1 Å². The van der Waals surface area contributed by atoms with Crippen LogP contribution in [0.3, 0.4) is 0 Å². The Balaban J connectivity index is 1.26. The smallest absolute Gasteiger partial charge is 0.373 e. The Hall–Kier alpha value is -2.45. The summed E-state index contributed by atoms with van der Waals surface area (Å²) in [6.45, 7) is 4.78. The van der Waals surface area contributed by atoms with E-state index in [1.165, 1.54) is 0 Å². The highest BCUT2D eigenvalue weighted by Crippen LogP contribution is 2.44. The summed E-state index contributed by atoms with van der Waals surface area (Å²) < 4.78 is 34.6. The number of rotatable bonds is 8. The van der Waals surface area contributed by atoms with Gasteiger partial charge in [-0.05, 0) is 50.6 Å². The summed E-state index contributed by atoms with van der Waals surface area (Å²) in [5, 5.41) is 39.5. The van der Waals surface area contributed by atoms with Gasteiger partial charge in [0, 0.05) is 30.0 Å². The highest BCUT2D eigenvalue weighted by Gasteiger charge is 2.63. The number of likely N-dealkylation sites (N-methyl/N-ethyl adjacent to an activating group) is 1. The molecule has 2 saturated heterocycles. The van der Waals surface area contributed by atoms with E-state index in [4.69, 9.17) is 18.7 Å². The molecule has 0 spiro atoms. The first kappa shape index (κ1) is 32.0. The summed E-state index contributed by atoms with van der Waals surface area (Å²) in [6.07, 6.45) is -3.08. The van der Waals surface area contributed by atoms with Crippen molar-refractivity contribution in [1.29, 1.82) is 0 Å². The third-order valence-electron chi connectivity index (χ3n) is 8.39. The third-order valence-corrected chi connectivity index (χ3v) is 8.94. The number of hydrogen-bond donors (Lipinski definition) is 6. The number of aromatic nitrogens is 1. The van der Waals surface area contributed by atoms with Crippen LogP contribution in [0.15, 0.2) is 42.6 Å². The van der Waals surface area contributed by atoms with Gasteiger partial charge in [-0.3, -0.25) is 9.78 Å². The van der Waals surface area contributed by atoms with Gasteiger partial charge in [0.1, 0.15) is 18.0 Å². The highest BCUT2D eigenvalue weighted by molar-refractivity contribution is 7.52. The first-order chi connectivity index (χ1) is 20.3. The van der Waals surface area contributed by atoms with Crippen LogP contribution < -0.4 is 15.2 Å². The second-order valence-electron chi connectivity index (χ2n) is 11.6. The molecule has 0 radical (unpaired) electrons. The van der Waals surface area contributed by atoms with E-state index in [1.807, 2.05) is 13.0 Å². The number of hydrogen-bond acceptors (Lipinski definition) is 11. The molecule has 3 aliphatic rings. The Morgan fingerprint density at radius 1 is 1.12 bits per heavy atom. The predicted molar refractivity (Wildman–Crippen MR) is 154 cm³/mol. The Kier molecular flexibility index (Phi) is 9.30. The van der Waals surface area contributed by atoms with Gasteiger partial charge in [0.25, 0.3) is 0 Å². The number of carbonyl (C=O) groups is 1. The number of nitrogens with one attached hydrogen (secondary N) is 2. The molecular formula is C29H40N3O10P. The van der Waals surface area contributed by atoms with Gasteiger partial charge in [0.2, 0.25) is 18.0 Å². The first-order valence-corrected chi connectivity index (χ1v) is 16.4. The minimum atomic E-state index is -3.65. The predicted octanol–water partition coefficient (Wildman–Crippen LogP) is 0.927. The largest absolute Gasteiger partial charge is 0.425 e. The Bertz CT molecular complexity index is 1320. The van der Waals surface area contributed by atoms with Gasteiger partial charge in [-0.25, -0.2) is 4.57 Å². The van der Waals surface area contributed by atoms with Crippen molar-refractivity contribution in [2.24, 2.45) is 5.92 Å². The maximum absolute atomic E-state index is 13.2. The third kappa shape index (κ3) is 6.65. The van der Waals surface area contributed by atoms with Gasteiger partial charge in [-0.15, -0.1) is 0 Å². The number of aliphatic hydroxyl groups is 3. The maximum Gasteiger partial charge on any atom is 0.373 e. The van der Waals surface area contributed by atoms with Crippen molar-refractivity contribution in [3.8, 4) is 16.9 Å². The number of benzene rings is 1. The van der Waals surface area contributed by atoms with Crippen molar-refractivity contribution in [2.45, 2.75) is 87.8 Å². The van der Waals surface area contributed by atoms with Crippen molar-refractivity contribution in [1.82, 2.24) is 15.6 Å². The molecule has 3 heterocycles. The average molecular weight is 622 g/mol. The minimum Gasteiger partial charge on any atom is -0.425 e. The second kappa shape index (κ2) is 12.5. The van der Waals surface area contributed by atoms with E-state index in [2.05, 4.69) is 15.6 Å². The molecule has 1 unspecified atom stereocenters. The van der Waals surface area contributed by atoms with Crippen molar-refractivity contribution >= 4 is 13.5 Å². The van der Waals surface area contributed by atoms with Gasteiger partial charge < -0.3 is 49.6 Å². The Morgan fingerprint density at radius 2 is 1.81 bits per heavy atom. The molecule has 14 heteroatoms. The number of fused-ring (bicyclic) bond motifs is 2. The molecule has 1 aromatic heterocycles. The van der Waals surface area contributed by atoms with Crippen LogP contribution in [0.4, 0.5) is 0 Å². The number of pyridine rings is 1. The topological polar surface area (TPSA) is 189 Å². The van der Waals surface area contributed by atoms with Gasteiger partial charge in [-0.2, -0.15) is 0 Å². The normalized spacial score (nSPS) is 37.0. The summed E-state index contributed by atoms with van der Waals surface area (Å²) in [5.41, 5.74) is 2.08. The fourth-order valence-corrected chi connectivity index (χ4v) is 6.77. The fraction of sp³-hybridized carbons (Fsp3) is 0.586. The average Bonchev–Trinajstić information content (AvgIpc) is 2.94. The zero-order valence-corrected chi connectivity index (χ0v) is 25.4. The molecule has 6 N–H and O–H groups in total. The van der Waals surface area contributed by atoms with E-state index >= 15 is 0 Å². The highest BCUT2D eigenvalue weighted by atomic mass is 31.2. The molecule has 3 fully saturated rings. The molecule has 13 nitrogen and oxygen atoms in total. The van der Waals surface area contributed by atoms with Crippen LogP contribution in [-0.4, -0.2) is 99.5 Å². The lowest BCUT2D eigenvalue weighted by molar-refractivity contribution is -0.450. The zero-order valence-electron chi connectivity index (χ0n) is 24.5. The van der Waals surface area contributed by atoms with E-state index in [-0.39, 0.29) is 24.7 Å². The molecule has 1 aromatic carbocycles. The van der Waals surface area contributed by atoms with E-state index in [0.29, 0.717) is 12.1 Å². The summed E-state index contributed by atoms with van der Waals surface area (Å²) in [7, 11) is -1.99. The fourth-order valence-electron chi connectivity index (χ4n) is 6.25. The van der Waals surface area contributed by atoms with Crippen LogP contribution >= 0.6 is 7.60 Å². The summed E-state index contributed by atoms with van der Waals surface area (Å²) >= 11 is 0. The van der Waals surface area contributed by atoms with Gasteiger partial charge in [0.15, 0.2) is 0 Å². The van der Waals surface area contributed by atoms with Gasteiger partial charge >= 0.3 is 7.60 Å². The Labute approximate surface area is 250 Å². The number of amides is 1. The summed E-state index contributed by atoms with van der Waals surface area (Å²) in [6, 6.07) is 8.64. The molecule has 2 aliphatic heterocycles. The van der Waals surface area contributed by atoms with Gasteiger partial charge in [-0.1, -0.05) is 25.1 Å². The minimum absolute atomic E-state index is 0.0660. The van der Waals surface area contributed by atoms with Crippen LogP contribution in [-0.2, 0) is 30.0 Å². The van der Waals surface area contributed by atoms with E-state index in [1.54, 1.807) is 50.5 Å². The van der Waals surface area contributed by atoms with Gasteiger partial charge in [0.05, 0.1) is 36.8 Å². The van der Waals surface area contributed by atoms with Crippen LogP contribution in [0.2, 0.25) is 0 Å². The maximum atomic E-state index is 13.2. The zero-order chi connectivity index (χ0) is 31.1. The van der Waals surface area contributed by atoms with E-state index in [9.17, 15) is 29.6 Å². The molecule has 5 rings (SSSR count). The van der Waals surface area contributed by atoms with Crippen molar-refractivity contribution in [2.75, 3.05) is 13.7 Å². The van der Waals surface area contributed by atoms with E-state index in [0.717, 1.165) is 17.8 Å². The van der Waals surface area contributed by atoms with Crippen molar-refractivity contribution in [3.05, 3.63) is 48.3 Å². The lowest BCUT2D eigenvalue weighted by Gasteiger charge is -2.58. The SMILES string of the molecule is CC[C@@H]1[C@H](O)[C@H](NC)[C@H]2O[C@]3(O)[C@H](O[C@@H]2[C@H]1O)O[C@H](C)C[C@H]3NC(=O)Cc1ccc(-c2ccc(OP(C)(=O)O)cc2)cn1. The molecule has 0 bridgehead atoms. The quantitative estimate of drug-likeness (QED) is 0.229. The molecule has 1 amide bonds. The van der Waals surface area contributed by atoms with Crippen molar-refractivity contribution < 1.29 is 48.3 Å². The number of nitrogens with zero attached hydrogens (tertiary/aromatic N) is 1. The second-order valence-corrected chi connectivity index (χ2v) is 13.4. The summed E-state index contributed by atoms with van der Waals surface area (Å²) in [4.78, 5) is 26.9. The number of ether oxygens (including phenoxy) is 3. The first-order valence-electron chi connectivity index (χ1n) is 14.4. The summed E-state index contributed by atoms with van der Waals surface area (Å²) in [5.74, 6) is -2.65. The molecule has 1 saturated carbocycles. The molecule has 2 aromatic rings. The molecule has 236 valence electrons. The Morgan fingerprint density at radius 3 is 2.42 bits per heavy atom. The standard InChI is InChI=1S/C29H40N3O10P/c1-5-20-24(34)23(30-3)26-27(25(20)35)40-28-29(36,41-26)21(12-15(2)39-28)32-22(33)13-18-9-6-17(14-31-18)16-7-10-19(11-8-16)42-43(4,37)38/h6-11,14-15,20-21,23-28,30,34-36H,5,12-13H2,1-4H3,(H,32,33)(H,37,38)/t15-,20-,21-,23+,24+,25+,26-,27-,28+,29+/m1/s1. The number of aliphatic hydroxyl groups excluding tert-OH is 2. The molecule has 43 heavy (non-hydrogen) atoms. The number of carbonyl (C=O) groups excluding carboxylic acids is 1. The van der Waals surface area contributed by atoms with Crippen LogP contribution in [0.1, 0.15) is 32.4 Å².